The quantitative estimate of drug-likeness (QED) is 0.787. The zero-order valence-electron chi connectivity index (χ0n) is 11.3. The van der Waals surface area contributed by atoms with Gasteiger partial charge in [0.1, 0.15) is 0 Å². The van der Waals surface area contributed by atoms with E-state index in [1.54, 1.807) is 6.92 Å². The molecule has 6 heteroatoms. The Morgan fingerprint density at radius 2 is 2.25 bits per heavy atom. The van der Waals surface area contributed by atoms with E-state index in [0.29, 0.717) is 12.5 Å². The third-order valence-corrected chi connectivity index (χ3v) is 4.64. The molecule has 0 aliphatic heterocycles. The standard InChI is InChI=1S/C14H18FNO3S/c1-3-10(2)16-20(17,18)12-6-7-13(15)14(8-12)19-9-11-4-5-11/h3,6-8,10-11,16H,1,4-5,9H2,2H3/t10-/m0/s1. The molecule has 4 nitrogen and oxygen atoms in total. The second kappa shape index (κ2) is 5.93. The Kier molecular flexibility index (Phi) is 4.45. The maximum Gasteiger partial charge on any atom is 0.241 e. The van der Waals surface area contributed by atoms with E-state index in [0.717, 1.165) is 18.9 Å². The lowest BCUT2D eigenvalue weighted by molar-refractivity contribution is 0.284. The van der Waals surface area contributed by atoms with Gasteiger partial charge in [-0.3, -0.25) is 0 Å². The van der Waals surface area contributed by atoms with Crippen LogP contribution in [-0.4, -0.2) is 21.1 Å². The number of nitrogens with one attached hydrogen (secondary N) is 1. The van der Waals surface area contributed by atoms with Crippen LogP contribution in [0.3, 0.4) is 0 Å². The second-order valence-corrected chi connectivity index (χ2v) is 6.71. The van der Waals surface area contributed by atoms with Gasteiger partial charge in [-0.2, -0.15) is 0 Å². The number of hydrogen-bond acceptors (Lipinski definition) is 3. The molecule has 0 bridgehead atoms. The molecule has 110 valence electrons. The summed E-state index contributed by atoms with van der Waals surface area (Å²) >= 11 is 0. The third kappa shape index (κ3) is 3.80. The first-order valence-electron chi connectivity index (χ1n) is 6.49. The van der Waals surface area contributed by atoms with Crippen LogP contribution in [0.25, 0.3) is 0 Å². The SMILES string of the molecule is C=C[C@H](C)NS(=O)(=O)c1ccc(F)c(OCC2CC2)c1. The molecule has 0 amide bonds. The smallest absolute Gasteiger partial charge is 0.241 e. The normalized spacial score (nSPS) is 16.7. The molecule has 0 unspecified atom stereocenters. The lowest BCUT2D eigenvalue weighted by atomic mass is 10.3. The summed E-state index contributed by atoms with van der Waals surface area (Å²) in [7, 11) is -3.70. The van der Waals surface area contributed by atoms with E-state index < -0.39 is 21.9 Å². The molecule has 1 aromatic rings. The minimum absolute atomic E-state index is 0.0154. The van der Waals surface area contributed by atoms with Gasteiger partial charge in [0.05, 0.1) is 11.5 Å². The van der Waals surface area contributed by atoms with Gasteiger partial charge >= 0.3 is 0 Å². The topological polar surface area (TPSA) is 55.4 Å². The van der Waals surface area contributed by atoms with Crippen LogP contribution in [0, 0.1) is 11.7 Å². The van der Waals surface area contributed by atoms with Crippen molar-refractivity contribution in [2.75, 3.05) is 6.61 Å². The van der Waals surface area contributed by atoms with Crippen LogP contribution in [-0.2, 0) is 10.0 Å². The Labute approximate surface area is 118 Å². The van der Waals surface area contributed by atoms with E-state index in [9.17, 15) is 12.8 Å². The van der Waals surface area contributed by atoms with Crippen molar-refractivity contribution in [1.82, 2.24) is 4.72 Å². The Morgan fingerprint density at radius 1 is 1.55 bits per heavy atom. The second-order valence-electron chi connectivity index (χ2n) is 4.99. The number of halogens is 1. The van der Waals surface area contributed by atoms with E-state index in [1.165, 1.54) is 18.2 Å². The third-order valence-electron chi connectivity index (χ3n) is 3.08. The zero-order valence-corrected chi connectivity index (χ0v) is 12.1. The highest BCUT2D eigenvalue weighted by atomic mass is 32.2. The fraction of sp³-hybridized carbons (Fsp3) is 0.429. The lowest BCUT2D eigenvalue weighted by Gasteiger charge is -2.12. The van der Waals surface area contributed by atoms with Crippen molar-refractivity contribution in [3.05, 3.63) is 36.7 Å². The molecule has 0 saturated heterocycles. The van der Waals surface area contributed by atoms with Crippen molar-refractivity contribution < 1.29 is 17.5 Å². The van der Waals surface area contributed by atoms with Crippen LogP contribution in [0.2, 0.25) is 0 Å². The number of ether oxygens (including phenoxy) is 1. The molecular weight excluding hydrogens is 281 g/mol. The molecule has 1 N–H and O–H groups in total. The van der Waals surface area contributed by atoms with Crippen molar-refractivity contribution in [1.29, 1.82) is 0 Å². The minimum Gasteiger partial charge on any atom is -0.490 e. The molecule has 0 aromatic heterocycles. The summed E-state index contributed by atoms with van der Waals surface area (Å²) < 4.78 is 45.5. The maximum atomic E-state index is 13.6. The highest BCUT2D eigenvalue weighted by Crippen LogP contribution is 2.30. The van der Waals surface area contributed by atoms with Crippen LogP contribution >= 0.6 is 0 Å². The molecule has 1 atom stereocenters. The summed E-state index contributed by atoms with van der Waals surface area (Å²) in [4.78, 5) is -0.0154. The Balaban J connectivity index is 2.18. The predicted octanol–water partition coefficient (Wildman–Crippen LogP) is 2.47. The number of benzene rings is 1. The summed E-state index contributed by atoms with van der Waals surface area (Å²) in [5.41, 5.74) is 0. The molecule has 0 heterocycles. The van der Waals surface area contributed by atoms with E-state index in [1.807, 2.05) is 0 Å². The van der Waals surface area contributed by atoms with Gasteiger partial charge in [-0.05, 0) is 37.8 Å². The van der Waals surface area contributed by atoms with Crippen LogP contribution in [0.5, 0.6) is 5.75 Å². The molecule has 20 heavy (non-hydrogen) atoms. The summed E-state index contributed by atoms with van der Waals surface area (Å²) in [6.45, 7) is 5.61. The molecule has 0 spiro atoms. The number of sulfonamides is 1. The summed E-state index contributed by atoms with van der Waals surface area (Å²) in [5, 5.41) is 0. The highest BCUT2D eigenvalue weighted by Gasteiger charge is 2.23. The van der Waals surface area contributed by atoms with Crippen molar-refractivity contribution in [3.63, 3.8) is 0 Å². The van der Waals surface area contributed by atoms with Gasteiger partial charge in [0.15, 0.2) is 11.6 Å². The highest BCUT2D eigenvalue weighted by molar-refractivity contribution is 7.89. The zero-order chi connectivity index (χ0) is 14.8. The minimum atomic E-state index is -3.70. The van der Waals surface area contributed by atoms with Crippen molar-refractivity contribution in [2.45, 2.75) is 30.7 Å². The average Bonchev–Trinajstić information content (AvgIpc) is 3.21. The molecule has 0 radical (unpaired) electrons. The van der Waals surface area contributed by atoms with Crippen molar-refractivity contribution >= 4 is 10.0 Å². The molecule has 1 aromatic carbocycles. The molecule has 1 aliphatic carbocycles. The Morgan fingerprint density at radius 3 is 2.85 bits per heavy atom. The molecule has 1 saturated carbocycles. The first-order valence-corrected chi connectivity index (χ1v) is 7.98. The Bertz CT molecular complexity index is 596. The van der Waals surface area contributed by atoms with Crippen molar-refractivity contribution in [2.24, 2.45) is 5.92 Å². The summed E-state index contributed by atoms with van der Waals surface area (Å²) in [6.07, 6.45) is 3.64. The van der Waals surface area contributed by atoms with Gasteiger partial charge in [-0.25, -0.2) is 17.5 Å². The summed E-state index contributed by atoms with van der Waals surface area (Å²) in [6, 6.07) is 3.14. The van der Waals surface area contributed by atoms with Gasteiger partial charge in [0, 0.05) is 12.1 Å². The lowest BCUT2D eigenvalue weighted by Crippen LogP contribution is -2.31. The Hall–Kier alpha value is -1.40. The fourth-order valence-electron chi connectivity index (χ4n) is 1.61. The van der Waals surface area contributed by atoms with Crippen LogP contribution in [0.15, 0.2) is 35.7 Å². The van der Waals surface area contributed by atoms with Gasteiger partial charge in [-0.1, -0.05) is 6.08 Å². The van der Waals surface area contributed by atoms with Crippen molar-refractivity contribution in [3.8, 4) is 5.75 Å². The van der Waals surface area contributed by atoms with Gasteiger partial charge in [0.25, 0.3) is 0 Å². The number of rotatable bonds is 7. The molecule has 1 fully saturated rings. The monoisotopic (exact) mass is 299 g/mol. The van der Waals surface area contributed by atoms with Crippen LogP contribution in [0.1, 0.15) is 19.8 Å². The van der Waals surface area contributed by atoms with Crippen LogP contribution < -0.4 is 9.46 Å². The van der Waals surface area contributed by atoms with Gasteiger partial charge < -0.3 is 4.74 Å². The van der Waals surface area contributed by atoms with E-state index >= 15 is 0 Å². The maximum absolute atomic E-state index is 13.6. The van der Waals surface area contributed by atoms with E-state index in [4.69, 9.17) is 4.74 Å². The van der Waals surface area contributed by atoms with Gasteiger partial charge in [-0.15, -0.1) is 6.58 Å². The predicted molar refractivity (Wildman–Crippen MR) is 74.6 cm³/mol. The first kappa shape index (κ1) is 15.0. The fourth-order valence-corrected chi connectivity index (χ4v) is 2.85. The molecule has 1 aliphatic rings. The van der Waals surface area contributed by atoms with E-state index in [-0.39, 0.29) is 10.6 Å². The molecular formula is C14H18FNO3S. The molecule has 2 rings (SSSR count). The van der Waals surface area contributed by atoms with Gasteiger partial charge in [0.2, 0.25) is 10.0 Å². The van der Waals surface area contributed by atoms with Crippen LogP contribution in [0.4, 0.5) is 4.39 Å². The average molecular weight is 299 g/mol. The number of hydrogen-bond donors (Lipinski definition) is 1. The van der Waals surface area contributed by atoms with E-state index in [2.05, 4.69) is 11.3 Å². The first-order chi connectivity index (χ1) is 9.42. The largest absolute Gasteiger partial charge is 0.490 e. The summed E-state index contributed by atoms with van der Waals surface area (Å²) in [5.74, 6) is -0.110.